The van der Waals surface area contributed by atoms with E-state index in [0.29, 0.717) is 11.3 Å². The Labute approximate surface area is 123 Å². The van der Waals surface area contributed by atoms with E-state index in [1.54, 1.807) is 17.8 Å². The standard InChI is InChI=1S/C13H18N2O3S2/c1-10(7-8-19-2)15-20(16,17)9-12-11-5-3-4-6-13(11)18-14-12/h3-6,10,15H,7-9H2,1-2H3/t10-/m1/s1. The summed E-state index contributed by atoms with van der Waals surface area (Å²) >= 11 is 1.70. The molecular weight excluding hydrogens is 296 g/mol. The Morgan fingerprint density at radius 1 is 1.40 bits per heavy atom. The fraction of sp³-hybridized carbons (Fsp3) is 0.462. The number of hydrogen-bond acceptors (Lipinski definition) is 5. The SMILES string of the molecule is CSCC[C@@H](C)NS(=O)(=O)Cc1noc2ccccc12. The molecule has 0 unspecified atom stereocenters. The highest BCUT2D eigenvalue weighted by atomic mass is 32.2. The number of hydrogen-bond donors (Lipinski definition) is 1. The molecule has 1 N–H and O–H groups in total. The highest BCUT2D eigenvalue weighted by molar-refractivity contribution is 7.98. The zero-order chi connectivity index (χ0) is 14.6. The molecule has 0 fully saturated rings. The van der Waals surface area contributed by atoms with Gasteiger partial charge < -0.3 is 4.52 Å². The molecule has 1 aromatic carbocycles. The smallest absolute Gasteiger partial charge is 0.217 e. The summed E-state index contributed by atoms with van der Waals surface area (Å²) in [6, 6.07) is 7.17. The highest BCUT2D eigenvalue weighted by Gasteiger charge is 2.19. The Morgan fingerprint density at radius 3 is 2.90 bits per heavy atom. The third-order valence-electron chi connectivity index (χ3n) is 2.91. The van der Waals surface area contributed by atoms with Crippen LogP contribution in [0.25, 0.3) is 11.0 Å². The molecule has 20 heavy (non-hydrogen) atoms. The molecule has 0 bridgehead atoms. The molecule has 5 nitrogen and oxygen atoms in total. The molecule has 1 heterocycles. The first-order valence-corrected chi connectivity index (χ1v) is 9.38. The number of fused-ring (bicyclic) bond motifs is 1. The molecule has 7 heteroatoms. The largest absolute Gasteiger partial charge is 0.356 e. The van der Waals surface area contributed by atoms with E-state index in [0.717, 1.165) is 17.6 Å². The number of nitrogens with zero attached hydrogens (tertiary/aromatic N) is 1. The summed E-state index contributed by atoms with van der Waals surface area (Å²) in [5, 5.41) is 4.60. The van der Waals surface area contributed by atoms with Gasteiger partial charge in [-0.3, -0.25) is 0 Å². The van der Waals surface area contributed by atoms with Crippen molar-refractivity contribution in [1.82, 2.24) is 9.88 Å². The minimum atomic E-state index is -3.41. The molecule has 0 saturated heterocycles. The van der Waals surface area contributed by atoms with E-state index in [4.69, 9.17) is 4.52 Å². The molecule has 0 amide bonds. The number of sulfonamides is 1. The Bertz CT molecular complexity index is 667. The molecule has 1 atom stereocenters. The quantitative estimate of drug-likeness (QED) is 0.849. The van der Waals surface area contributed by atoms with Crippen molar-refractivity contribution in [3.8, 4) is 0 Å². The van der Waals surface area contributed by atoms with Gasteiger partial charge in [0.2, 0.25) is 10.0 Å². The number of para-hydroxylation sites is 1. The maximum absolute atomic E-state index is 12.1. The van der Waals surface area contributed by atoms with E-state index in [9.17, 15) is 8.42 Å². The minimum Gasteiger partial charge on any atom is -0.356 e. The van der Waals surface area contributed by atoms with Crippen LogP contribution in [0.2, 0.25) is 0 Å². The average molecular weight is 314 g/mol. The molecule has 2 rings (SSSR count). The Balaban J connectivity index is 2.08. The summed E-state index contributed by atoms with van der Waals surface area (Å²) < 4.78 is 32.0. The number of nitrogens with one attached hydrogen (secondary N) is 1. The van der Waals surface area contributed by atoms with Gasteiger partial charge in [-0.2, -0.15) is 11.8 Å². The van der Waals surface area contributed by atoms with Crippen LogP contribution in [0.1, 0.15) is 19.0 Å². The van der Waals surface area contributed by atoms with Crippen LogP contribution in [0.15, 0.2) is 28.8 Å². The van der Waals surface area contributed by atoms with Crippen molar-refractivity contribution in [2.75, 3.05) is 12.0 Å². The molecule has 0 spiro atoms. The van der Waals surface area contributed by atoms with Gasteiger partial charge in [0.1, 0.15) is 11.4 Å². The van der Waals surface area contributed by atoms with Crippen LogP contribution in [0.3, 0.4) is 0 Å². The minimum absolute atomic E-state index is 0.0781. The second kappa shape index (κ2) is 6.60. The fourth-order valence-corrected chi connectivity index (χ4v) is 3.90. The van der Waals surface area contributed by atoms with Crippen LogP contribution in [0, 0.1) is 0 Å². The van der Waals surface area contributed by atoms with Crippen LogP contribution in [-0.2, 0) is 15.8 Å². The second-order valence-electron chi connectivity index (χ2n) is 4.68. The third-order valence-corrected chi connectivity index (χ3v) is 4.97. The Kier molecular flexibility index (Phi) is 5.06. The number of thioether (sulfide) groups is 1. The van der Waals surface area contributed by atoms with Crippen LogP contribution >= 0.6 is 11.8 Å². The maximum Gasteiger partial charge on any atom is 0.217 e. The lowest BCUT2D eigenvalue weighted by Gasteiger charge is -2.12. The Morgan fingerprint density at radius 2 is 2.15 bits per heavy atom. The lowest BCUT2D eigenvalue weighted by molar-refractivity contribution is 0.448. The van der Waals surface area contributed by atoms with Gasteiger partial charge in [-0.25, -0.2) is 13.1 Å². The first-order valence-electron chi connectivity index (χ1n) is 6.34. The van der Waals surface area contributed by atoms with Gasteiger partial charge in [0.15, 0.2) is 5.58 Å². The number of rotatable bonds is 7. The molecule has 0 radical (unpaired) electrons. The summed E-state index contributed by atoms with van der Waals surface area (Å²) in [6.45, 7) is 1.87. The van der Waals surface area contributed by atoms with E-state index in [2.05, 4.69) is 9.88 Å². The van der Waals surface area contributed by atoms with Gasteiger partial charge in [0.25, 0.3) is 0 Å². The van der Waals surface area contributed by atoms with E-state index in [1.165, 1.54) is 0 Å². The van der Waals surface area contributed by atoms with Crippen molar-refractivity contribution in [1.29, 1.82) is 0 Å². The monoisotopic (exact) mass is 314 g/mol. The van der Waals surface area contributed by atoms with Crippen molar-refractivity contribution < 1.29 is 12.9 Å². The van der Waals surface area contributed by atoms with E-state index in [1.807, 2.05) is 31.4 Å². The van der Waals surface area contributed by atoms with Crippen molar-refractivity contribution >= 4 is 32.8 Å². The molecule has 2 aromatic rings. The van der Waals surface area contributed by atoms with Crippen molar-refractivity contribution in [3.05, 3.63) is 30.0 Å². The summed E-state index contributed by atoms with van der Waals surface area (Å²) in [5.74, 6) is 0.768. The number of aromatic nitrogens is 1. The van der Waals surface area contributed by atoms with Crippen molar-refractivity contribution in [3.63, 3.8) is 0 Å². The van der Waals surface area contributed by atoms with Crippen molar-refractivity contribution in [2.45, 2.75) is 25.1 Å². The fourth-order valence-electron chi connectivity index (χ4n) is 1.92. The third kappa shape index (κ3) is 3.97. The first-order chi connectivity index (χ1) is 9.52. The highest BCUT2D eigenvalue weighted by Crippen LogP contribution is 2.19. The lowest BCUT2D eigenvalue weighted by Crippen LogP contribution is -2.34. The number of benzene rings is 1. The first kappa shape index (κ1) is 15.3. The summed E-state index contributed by atoms with van der Waals surface area (Å²) in [6.07, 6.45) is 2.81. The van der Waals surface area contributed by atoms with Gasteiger partial charge in [-0.1, -0.05) is 17.3 Å². The molecular formula is C13H18N2O3S2. The van der Waals surface area contributed by atoms with E-state index in [-0.39, 0.29) is 11.8 Å². The molecule has 110 valence electrons. The normalized spacial score (nSPS) is 13.7. The van der Waals surface area contributed by atoms with Crippen LogP contribution in [0.5, 0.6) is 0 Å². The van der Waals surface area contributed by atoms with Crippen molar-refractivity contribution in [2.24, 2.45) is 0 Å². The summed E-state index contributed by atoms with van der Waals surface area (Å²) in [5.41, 5.74) is 1.05. The Hall–Kier alpha value is -1.05. The molecule has 0 aliphatic carbocycles. The van der Waals surface area contributed by atoms with Gasteiger partial charge in [-0.05, 0) is 37.5 Å². The van der Waals surface area contributed by atoms with Crippen LogP contribution < -0.4 is 4.72 Å². The molecule has 0 aliphatic rings. The topological polar surface area (TPSA) is 72.2 Å². The predicted octanol–water partition coefficient (Wildman–Crippen LogP) is 2.39. The van der Waals surface area contributed by atoms with Gasteiger partial charge >= 0.3 is 0 Å². The predicted molar refractivity (Wildman–Crippen MR) is 82.2 cm³/mol. The van der Waals surface area contributed by atoms with Crippen LogP contribution in [-0.4, -0.2) is 31.6 Å². The van der Waals surface area contributed by atoms with E-state index < -0.39 is 10.0 Å². The second-order valence-corrected chi connectivity index (χ2v) is 7.42. The molecule has 0 aliphatic heterocycles. The van der Waals surface area contributed by atoms with E-state index >= 15 is 0 Å². The molecule has 1 aromatic heterocycles. The van der Waals surface area contributed by atoms with Crippen LogP contribution in [0.4, 0.5) is 0 Å². The summed E-state index contributed by atoms with van der Waals surface area (Å²) in [4.78, 5) is 0. The average Bonchev–Trinajstić information content (AvgIpc) is 2.79. The van der Waals surface area contributed by atoms with Gasteiger partial charge in [0, 0.05) is 11.4 Å². The zero-order valence-corrected chi connectivity index (χ0v) is 13.1. The zero-order valence-electron chi connectivity index (χ0n) is 11.5. The van der Waals surface area contributed by atoms with Gasteiger partial charge in [0.05, 0.1) is 0 Å². The maximum atomic E-state index is 12.1. The lowest BCUT2D eigenvalue weighted by atomic mass is 10.2. The summed E-state index contributed by atoms with van der Waals surface area (Å²) in [7, 11) is -3.41. The molecule has 0 saturated carbocycles. The van der Waals surface area contributed by atoms with Gasteiger partial charge in [-0.15, -0.1) is 0 Å².